The van der Waals surface area contributed by atoms with Crippen molar-refractivity contribution < 1.29 is 5.11 Å². The summed E-state index contributed by atoms with van der Waals surface area (Å²) in [5.41, 5.74) is 0.660. The predicted octanol–water partition coefficient (Wildman–Crippen LogP) is 4.83. The van der Waals surface area contributed by atoms with Crippen LogP contribution < -0.4 is 5.32 Å². The lowest BCUT2D eigenvalue weighted by atomic mass is 10.1. The Hall–Kier alpha value is -0.580. The molecule has 2 unspecified atom stereocenters. The van der Waals surface area contributed by atoms with Gasteiger partial charge in [-0.1, -0.05) is 36.2 Å². The minimum absolute atomic E-state index is 0.252. The summed E-state index contributed by atoms with van der Waals surface area (Å²) in [6.07, 6.45) is 0.298. The fourth-order valence-corrected chi connectivity index (χ4v) is 3.38. The van der Waals surface area contributed by atoms with Gasteiger partial charge in [0.15, 0.2) is 0 Å². The van der Waals surface area contributed by atoms with E-state index in [2.05, 4.69) is 23.7 Å². The average molecular weight is 330 g/mol. The Morgan fingerprint density at radius 3 is 2.75 bits per heavy atom. The summed E-state index contributed by atoms with van der Waals surface area (Å²) in [7, 11) is 0. The van der Waals surface area contributed by atoms with Crippen LogP contribution in [0.4, 0.5) is 0 Å². The Balaban J connectivity index is 2.01. The number of nitrogens with one attached hydrogen (secondary N) is 1. The number of benzene rings is 1. The molecule has 0 fully saturated rings. The van der Waals surface area contributed by atoms with E-state index in [9.17, 15) is 5.11 Å². The molecule has 2 atom stereocenters. The van der Waals surface area contributed by atoms with Crippen LogP contribution in [0.1, 0.15) is 35.9 Å². The van der Waals surface area contributed by atoms with E-state index in [1.54, 1.807) is 29.5 Å². The fraction of sp³-hybridized carbons (Fsp3) is 0.333. The van der Waals surface area contributed by atoms with Crippen molar-refractivity contribution in [3.8, 4) is 0 Å². The normalized spacial score (nSPS) is 14.2. The monoisotopic (exact) mass is 329 g/mol. The molecule has 0 aliphatic heterocycles. The molecular weight excluding hydrogens is 313 g/mol. The van der Waals surface area contributed by atoms with E-state index in [-0.39, 0.29) is 6.04 Å². The second-order valence-electron chi connectivity index (χ2n) is 4.57. The number of hydrogen-bond acceptors (Lipinski definition) is 3. The highest BCUT2D eigenvalue weighted by atomic mass is 35.5. The lowest BCUT2D eigenvalue weighted by molar-refractivity contribution is 0.169. The maximum Gasteiger partial charge on any atom is 0.0929 e. The zero-order valence-corrected chi connectivity index (χ0v) is 13.5. The largest absolute Gasteiger partial charge is 0.387 e. The quantitative estimate of drug-likeness (QED) is 0.795. The molecule has 0 radical (unpaired) electrons. The molecule has 0 saturated heterocycles. The van der Waals surface area contributed by atoms with Crippen LogP contribution in [-0.4, -0.2) is 11.7 Å². The van der Waals surface area contributed by atoms with Crippen LogP contribution in [0, 0.1) is 0 Å². The number of thiophene rings is 1. The summed E-state index contributed by atoms with van der Waals surface area (Å²) >= 11 is 13.8. The van der Waals surface area contributed by atoms with Crippen molar-refractivity contribution in [2.75, 3.05) is 6.54 Å². The Kier molecular flexibility index (Phi) is 5.87. The minimum atomic E-state index is -0.671. The highest BCUT2D eigenvalue weighted by Gasteiger charge is 2.15. The molecule has 1 aromatic heterocycles. The smallest absolute Gasteiger partial charge is 0.0929 e. The molecular formula is C15H17Cl2NOS. The lowest BCUT2D eigenvalue weighted by Crippen LogP contribution is -2.25. The molecule has 0 spiro atoms. The third-order valence-electron chi connectivity index (χ3n) is 3.17. The Labute approximate surface area is 133 Å². The van der Waals surface area contributed by atoms with Crippen molar-refractivity contribution in [2.45, 2.75) is 25.5 Å². The van der Waals surface area contributed by atoms with E-state index in [0.717, 1.165) is 6.42 Å². The second-order valence-corrected chi connectivity index (χ2v) is 6.39. The first-order valence-corrected chi connectivity index (χ1v) is 8.15. The summed E-state index contributed by atoms with van der Waals surface area (Å²) < 4.78 is 0. The predicted molar refractivity (Wildman–Crippen MR) is 86.8 cm³/mol. The third kappa shape index (κ3) is 3.96. The van der Waals surface area contributed by atoms with E-state index in [0.29, 0.717) is 22.2 Å². The van der Waals surface area contributed by atoms with Gasteiger partial charge in [-0.15, -0.1) is 11.3 Å². The first-order chi connectivity index (χ1) is 9.61. The first kappa shape index (κ1) is 15.8. The van der Waals surface area contributed by atoms with E-state index in [1.165, 1.54) is 4.88 Å². The van der Waals surface area contributed by atoms with Gasteiger partial charge in [0, 0.05) is 33.1 Å². The highest BCUT2D eigenvalue weighted by Crippen LogP contribution is 2.27. The molecule has 0 aliphatic rings. The Morgan fingerprint density at radius 1 is 1.30 bits per heavy atom. The van der Waals surface area contributed by atoms with Gasteiger partial charge >= 0.3 is 0 Å². The second kappa shape index (κ2) is 7.43. The van der Waals surface area contributed by atoms with Crippen LogP contribution in [0.3, 0.4) is 0 Å². The van der Waals surface area contributed by atoms with Gasteiger partial charge in [0.1, 0.15) is 0 Å². The molecule has 0 aliphatic carbocycles. The van der Waals surface area contributed by atoms with Crippen LogP contribution in [0.15, 0.2) is 35.7 Å². The van der Waals surface area contributed by atoms with Gasteiger partial charge in [0.25, 0.3) is 0 Å². The van der Waals surface area contributed by atoms with E-state index in [1.807, 2.05) is 6.07 Å². The Morgan fingerprint density at radius 2 is 2.10 bits per heavy atom. The Bertz CT molecular complexity index is 545. The van der Waals surface area contributed by atoms with Gasteiger partial charge in [-0.3, -0.25) is 0 Å². The standard InChI is InChI=1S/C15H17Cl2NOS/c1-2-13(15-4-3-7-20-15)18-9-14(19)11-8-10(16)5-6-12(11)17/h3-8,13-14,18-19H,2,9H2,1H3. The van der Waals surface area contributed by atoms with Crippen LogP contribution in [-0.2, 0) is 0 Å². The molecule has 0 saturated carbocycles. The van der Waals surface area contributed by atoms with E-state index in [4.69, 9.17) is 23.2 Å². The lowest BCUT2D eigenvalue weighted by Gasteiger charge is -2.19. The van der Waals surface area contributed by atoms with Crippen LogP contribution >= 0.6 is 34.5 Å². The number of aliphatic hydroxyl groups excluding tert-OH is 1. The molecule has 2 rings (SSSR count). The molecule has 1 aromatic carbocycles. The van der Waals surface area contributed by atoms with Crippen molar-refractivity contribution in [3.63, 3.8) is 0 Å². The molecule has 0 amide bonds. The fourth-order valence-electron chi connectivity index (χ4n) is 2.07. The number of aliphatic hydroxyl groups is 1. The molecule has 1 heterocycles. The minimum Gasteiger partial charge on any atom is -0.387 e. The maximum absolute atomic E-state index is 10.3. The van der Waals surface area contributed by atoms with Gasteiger partial charge in [0.05, 0.1) is 6.10 Å². The molecule has 2 nitrogen and oxygen atoms in total. The zero-order chi connectivity index (χ0) is 14.5. The van der Waals surface area contributed by atoms with Crippen molar-refractivity contribution in [3.05, 3.63) is 56.2 Å². The molecule has 0 bridgehead atoms. The van der Waals surface area contributed by atoms with Gasteiger partial charge in [-0.2, -0.15) is 0 Å². The zero-order valence-electron chi connectivity index (χ0n) is 11.1. The van der Waals surface area contributed by atoms with Gasteiger partial charge in [0.2, 0.25) is 0 Å². The SMILES string of the molecule is CCC(NCC(O)c1cc(Cl)ccc1Cl)c1cccs1. The molecule has 2 aromatic rings. The van der Waals surface area contributed by atoms with Crippen molar-refractivity contribution in [2.24, 2.45) is 0 Å². The number of rotatable bonds is 6. The van der Waals surface area contributed by atoms with Crippen LogP contribution in [0.2, 0.25) is 10.0 Å². The average Bonchev–Trinajstić information content (AvgIpc) is 2.96. The van der Waals surface area contributed by atoms with Crippen LogP contribution in [0.5, 0.6) is 0 Å². The maximum atomic E-state index is 10.3. The van der Waals surface area contributed by atoms with Gasteiger partial charge in [-0.25, -0.2) is 0 Å². The summed E-state index contributed by atoms with van der Waals surface area (Å²) in [4.78, 5) is 1.27. The molecule has 108 valence electrons. The number of hydrogen-bond donors (Lipinski definition) is 2. The van der Waals surface area contributed by atoms with E-state index >= 15 is 0 Å². The summed E-state index contributed by atoms with van der Waals surface area (Å²) in [5.74, 6) is 0. The number of halogens is 2. The topological polar surface area (TPSA) is 32.3 Å². The van der Waals surface area contributed by atoms with E-state index < -0.39 is 6.10 Å². The molecule has 20 heavy (non-hydrogen) atoms. The first-order valence-electron chi connectivity index (χ1n) is 6.51. The highest BCUT2D eigenvalue weighted by molar-refractivity contribution is 7.10. The van der Waals surface area contributed by atoms with Crippen molar-refractivity contribution in [1.82, 2.24) is 5.32 Å². The summed E-state index contributed by atoms with van der Waals surface area (Å²) in [6.45, 7) is 2.56. The summed E-state index contributed by atoms with van der Waals surface area (Å²) in [6, 6.07) is 9.52. The molecule has 2 N–H and O–H groups in total. The van der Waals surface area contributed by atoms with Crippen molar-refractivity contribution in [1.29, 1.82) is 0 Å². The van der Waals surface area contributed by atoms with Gasteiger partial charge < -0.3 is 10.4 Å². The van der Waals surface area contributed by atoms with Crippen LogP contribution in [0.25, 0.3) is 0 Å². The summed E-state index contributed by atoms with van der Waals surface area (Å²) in [5, 5.41) is 16.8. The third-order valence-corrected chi connectivity index (χ3v) is 4.73. The van der Waals surface area contributed by atoms with Crippen molar-refractivity contribution >= 4 is 34.5 Å². The van der Waals surface area contributed by atoms with Gasteiger partial charge in [-0.05, 0) is 36.1 Å². The molecule has 5 heteroatoms.